The smallest absolute Gasteiger partial charge is 0.321 e. The highest BCUT2D eigenvalue weighted by Gasteiger charge is 2.26. The van der Waals surface area contributed by atoms with Crippen molar-refractivity contribution in [1.29, 1.82) is 0 Å². The number of carbonyl (C=O) groups is 2. The Morgan fingerprint density at radius 3 is 2.48 bits per heavy atom. The Morgan fingerprint density at radius 2 is 1.91 bits per heavy atom. The number of piperidine rings is 1. The largest absolute Gasteiger partial charge is 0.481 e. The first-order valence-electron chi connectivity index (χ1n) is 7.42. The lowest BCUT2D eigenvalue weighted by Crippen LogP contribution is -2.42. The van der Waals surface area contributed by atoms with Crippen molar-refractivity contribution in [3.8, 4) is 10.6 Å². The molecule has 1 saturated heterocycles. The second kappa shape index (κ2) is 6.78. The van der Waals surface area contributed by atoms with E-state index in [4.69, 9.17) is 5.11 Å². The summed E-state index contributed by atoms with van der Waals surface area (Å²) in [5.41, 5.74) is 1.73. The lowest BCUT2D eigenvalue weighted by molar-refractivity contribution is -0.143. The summed E-state index contributed by atoms with van der Waals surface area (Å²) in [6.45, 7) is 0.944. The van der Waals surface area contributed by atoms with E-state index in [1.54, 1.807) is 22.4 Å². The van der Waals surface area contributed by atoms with Crippen LogP contribution in [0.15, 0.2) is 35.8 Å². The Labute approximate surface area is 137 Å². The highest BCUT2D eigenvalue weighted by atomic mass is 32.1. The molecule has 6 nitrogen and oxygen atoms in total. The van der Waals surface area contributed by atoms with Crippen molar-refractivity contribution in [2.75, 3.05) is 18.4 Å². The van der Waals surface area contributed by atoms with E-state index >= 15 is 0 Å². The van der Waals surface area contributed by atoms with E-state index in [0.717, 1.165) is 16.3 Å². The molecule has 2 aromatic rings. The van der Waals surface area contributed by atoms with Gasteiger partial charge in [0, 0.05) is 35.9 Å². The fourth-order valence-electron chi connectivity index (χ4n) is 2.59. The number of carboxylic acids is 1. The van der Waals surface area contributed by atoms with Gasteiger partial charge in [0.2, 0.25) is 0 Å². The van der Waals surface area contributed by atoms with Crippen LogP contribution in [-0.2, 0) is 4.79 Å². The van der Waals surface area contributed by atoms with Crippen molar-refractivity contribution >= 4 is 29.0 Å². The number of aromatic nitrogens is 1. The molecule has 120 valence electrons. The molecular formula is C16H17N3O3S. The Balaban J connectivity index is 1.57. The molecule has 0 unspecified atom stereocenters. The molecular weight excluding hydrogens is 314 g/mol. The summed E-state index contributed by atoms with van der Waals surface area (Å²) in [6, 6.07) is 7.35. The average molecular weight is 331 g/mol. The van der Waals surface area contributed by atoms with Gasteiger partial charge in [0.05, 0.1) is 5.92 Å². The van der Waals surface area contributed by atoms with E-state index in [0.29, 0.717) is 25.9 Å². The number of carboxylic acid groups (broad SMARTS) is 1. The number of urea groups is 1. The third-order valence-corrected chi connectivity index (χ3v) is 4.77. The number of nitrogens with zero attached hydrogens (tertiary/aromatic N) is 2. The summed E-state index contributed by atoms with van der Waals surface area (Å²) >= 11 is 1.57. The van der Waals surface area contributed by atoms with Crippen LogP contribution < -0.4 is 5.32 Å². The number of anilines is 1. The van der Waals surface area contributed by atoms with Crippen molar-refractivity contribution in [2.24, 2.45) is 5.92 Å². The highest BCUT2D eigenvalue weighted by molar-refractivity contribution is 7.13. The van der Waals surface area contributed by atoms with Gasteiger partial charge in [-0.15, -0.1) is 11.3 Å². The van der Waals surface area contributed by atoms with E-state index in [2.05, 4.69) is 10.3 Å². The zero-order valence-corrected chi connectivity index (χ0v) is 13.3. The van der Waals surface area contributed by atoms with E-state index in [1.165, 1.54) is 0 Å². The predicted molar refractivity (Wildman–Crippen MR) is 88.5 cm³/mol. The van der Waals surface area contributed by atoms with Gasteiger partial charge in [-0.25, -0.2) is 9.78 Å². The second-order valence-electron chi connectivity index (χ2n) is 5.44. The van der Waals surface area contributed by atoms with Crippen molar-refractivity contribution in [1.82, 2.24) is 9.88 Å². The molecule has 1 aliphatic rings. The minimum atomic E-state index is -0.775. The van der Waals surface area contributed by atoms with E-state index in [9.17, 15) is 9.59 Å². The van der Waals surface area contributed by atoms with E-state index in [-0.39, 0.29) is 11.9 Å². The molecule has 1 aromatic carbocycles. The Morgan fingerprint density at radius 1 is 1.22 bits per heavy atom. The maximum atomic E-state index is 12.2. The number of thiazole rings is 1. The molecule has 0 bridgehead atoms. The van der Waals surface area contributed by atoms with Gasteiger partial charge >= 0.3 is 12.0 Å². The first-order valence-corrected chi connectivity index (χ1v) is 8.30. The normalized spacial score (nSPS) is 15.4. The number of rotatable bonds is 3. The number of carbonyl (C=O) groups excluding carboxylic acids is 1. The minimum Gasteiger partial charge on any atom is -0.481 e. The number of nitrogens with one attached hydrogen (secondary N) is 1. The number of hydrogen-bond donors (Lipinski definition) is 2. The van der Waals surface area contributed by atoms with Crippen LogP contribution in [0.5, 0.6) is 0 Å². The van der Waals surface area contributed by atoms with Crippen LogP contribution in [0.3, 0.4) is 0 Å². The Kier molecular flexibility index (Phi) is 4.57. The van der Waals surface area contributed by atoms with Gasteiger partial charge in [-0.3, -0.25) is 4.79 Å². The zero-order chi connectivity index (χ0) is 16.2. The van der Waals surface area contributed by atoms with Gasteiger partial charge in [0.25, 0.3) is 0 Å². The molecule has 0 atom stereocenters. The molecule has 23 heavy (non-hydrogen) atoms. The SMILES string of the molecule is O=C(O)C1CCN(C(=O)Nc2ccc(-c3nccs3)cc2)CC1. The van der Waals surface area contributed by atoms with E-state index in [1.807, 2.05) is 29.6 Å². The molecule has 2 N–H and O–H groups in total. The van der Waals surface area contributed by atoms with Crippen LogP contribution in [0, 0.1) is 5.92 Å². The van der Waals surface area contributed by atoms with Crippen molar-refractivity contribution in [2.45, 2.75) is 12.8 Å². The quantitative estimate of drug-likeness (QED) is 0.905. The third kappa shape index (κ3) is 3.68. The average Bonchev–Trinajstić information content (AvgIpc) is 3.10. The van der Waals surface area contributed by atoms with Gasteiger partial charge in [-0.1, -0.05) is 0 Å². The molecule has 0 spiro atoms. The van der Waals surface area contributed by atoms with Crippen LogP contribution in [0.25, 0.3) is 10.6 Å². The molecule has 0 saturated carbocycles. The number of amides is 2. The van der Waals surface area contributed by atoms with Gasteiger partial charge in [0.1, 0.15) is 5.01 Å². The Bertz CT molecular complexity index is 677. The van der Waals surface area contributed by atoms with Crippen molar-refractivity contribution in [3.63, 3.8) is 0 Å². The fourth-order valence-corrected chi connectivity index (χ4v) is 3.24. The summed E-state index contributed by atoms with van der Waals surface area (Å²) in [5.74, 6) is -1.11. The maximum Gasteiger partial charge on any atom is 0.321 e. The van der Waals surface area contributed by atoms with Crippen LogP contribution >= 0.6 is 11.3 Å². The minimum absolute atomic E-state index is 0.184. The number of hydrogen-bond acceptors (Lipinski definition) is 4. The molecule has 1 aliphatic heterocycles. The summed E-state index contributed by atoms with van der Waals surface area (Å²) in [4.78, 5) is 29.1. The number of likely N-dealkylation sites (tertiary alicyclic amines) is 1. The van der Waals surface area contributed by atoms with Gasteiger partial charge in [-0.2, -0.15) is 0 Å². The van der Waals surface area contributed by atoms with Gasteiger partial charge in [-0.05, 0) is 37.1 Å². The molecule has 3 rings (SSSR count). The summed E-state index contributed by atoms with van der Waals surface area (Å²) in [7, 11) is 0. The summed E-state index contributed by atoms with van der Waals surface area (Å²) < 4.78 is 0. The molecule has 0 aliphatic carbocycles. The Hall–Kier alpha value is -2.41. The second-order valence-corrected chi connectivity index (χ2v) is 6.34. The van der Waals surface area contributed by atoms with Crippen molar-refractivity contribution in [3.05, 3.63) is 35.8 Å². The van der Waals surface area contributed by atoms with Crippen LogP contribution in [0.2, 0.25) is 0 Å². The molecule has 1 fully saturated rings. The zero-order valence-electron chi connectivity index (χ0n) is 12.4. The fraction of sp³-hybridized carbons (Fsp3) is 0.312. The molecule has 2 amide bonds. The van der Waals surface area contributed by atoms with Gasteiger partial charge in [0.15, 0.2) is 0 Å². The molecule has 1 aromatic heterocycles. The van der Waals surface area contributed by atoms with E-state index < -0.39 is 5.97 Å². The van der Waals surface area contributed by atoms with Crippen molar-refractivity contribution < 1.29 is 14.7 Å². The molecule has 0 radical (unpaired) electrons. The van der Waals surface area contributed by atoms with Crippen LogP contribution in [-0.4, -0.2) is 40.1 Å². The summed E-state index contributed by atoms with van der Waals surface area (Å²) in [5, 5.41) is 14.7. The van der Waals surface area contributed by atoms with Crippen LogP contribution in [0.4, 0.5) is 10.5 Å². The maximum absolute atomic E-state index is 12.2. The highest BCUT2D eigenvalue weighted by Crippen LogP contribution is 2.24. The third-order valence-electron chi connectivity index (χ3n) is 3.95. The van der Waals surface area contributed by atoms with Gasteiger partial charge < -0.3 is 15.3 Å². The number of aliphatic carboxylic acids is 1. The lowest BCUT2D eigenvalue weighted by atomic mass is 9.97. The first kappa shape index (κ1) is 15.5. The van der Waals surface area contributed by atoms with Crippen LogP contribution in [0.1, 0.15) is 12.8 Å². The summed E-state index contributed by atoms with van der Waals surface area (Å²) in [6.07, 6.45) is 2.77. The standard InChI is InChI=1S/C16H17N3O3S/c20-15(21)12-5-8-19(9-6-12)16(22)18-13-3-1-11(2-4-13)14-17-7-10-23-14/h1-4,7,10,12H,5-6,8-9H2,(H,18,22)(H,20,21). The number of benzene rings is 1. The molecule has 7 heteroatoms. The first-order chi connectivity index (χ1) is 11.1. The predicted octanol–water partition coefficient (Wildman–Crippen LogP) is 3.14. The lowest BCUT2D eigenvalue weighted by Gasteiger charge is -2.30. The topological polar surface area (TPSA) is 82.5 Å². The molecule has 2 heterocycles. The monoisotopic (exact) mass is 331 g/mol.